The lowest BCUT2D eigenvalue weighted by molar-refractivity contribution is 0.280. The number of primary sulfonamides is 1. The second kappa shape index (κ2) is 6.08. The molecule has 0 radical (unpaired) electrons. The van der Waals surface area contributed by atoms with Crippen molar-refractivity contribution in [1.82, 2.24) is 0 Å². The highest BCUT2D eigenvalue weighted by Gasteiger charge is 2.21. The Morgan fingerprint density at radius 2 is 1.76 bits per heavy atom. The predicted molar refractivity (Wildman–Crippen MR) is 76.2 cm³/mol. The van der Waals surface area contributed by atoms with E-state index in [2.05, 4.69) is 15.9 Å². The number of halogens is 3. The average molecular weight is 378 g/mol. The topological polar surface area (TPSA) is 69.4 Å². The van der Waals surface area contributed by atoms with Crippen LogP contribution in [-0.4, -0.2) is 8.42 Å². The van der Waals surface area contributed by atoms with Crippen molar-refractivity contribution >= 4 is 26.0 Å². The summed E-state index contributed by atoms with van der Waals surface area (Å²) in [5, 5.41) is 4.94. The lowest BCUT2D eigenvalue weighted by atomic mass is 10.2. The largest absolute Gasteiger partial charge is 0.484 e. The molecule has 2 aromatic carbocycles. The van der Waals surface area contributed by atoms with E-state index in [1.165, 1.54) is 0 Å². The van der Waals surface area contributed by atoms with Crippen LogP contribution in [-0.2, 0) is 16.6 Å². The minimum Gasteiger partial charge on any atom is -0.484 e. The summed E-state index contributed by atoms with van der Waals surface area (Å²) < 4.78 is 55.6. The van der Waals surface area contributed by atoms with Crippen molar-refractivity contribution < 1.29 is 21.9 Å². The summed E-state index contributed by atoms with van der Waals surface area (Å²) in [5.74, 6) is -2.77. The highest BCUT2D eigenvalue weighted by molar-refractivity contribution is 9.10. The summed E-state index contributed by atoms with van der Waals surface area (Å²) in [6, 6.07) is 8.08. The minimum absolute atomic E-state index is 0.0850. The fourth-order valence-corrected chi connectivity index (χ4v) is 2.58. The summed E-state index contributed by atoms with van der Waals surface area (Å²) >= 11 is 3.26. The average Bonchev–Trinajstić information content (AvgIpc) is 2.38. The number of nitrogens with two attached hydrogens (primary N) is 1. The van der Waals surface area contributed by atoms with Crippen LogP contribution >= 0.6 is 15.9 Å². The lowest BCUT2D eigenvalue weighted by Crippen LogP contribution is -2.15. The van der Waals surface area contributed by atoms with Crippen LogP contribution in [0.1, 0.15) is 5.56 Å². The zero-order valence-electron chi connectivity index (χ0n) is 10.5. The molecule has 0 aliphatic heterocycles. The summed E-state index contributed by atoms with van der Waals surface area (Å²) in [5.41, 5.74) is 0.683. The molecule has 0 unspecified atom stereocenters. The number of hydrogen-bond acceptors (Lipinski definition) is 3. The monoisotopic (exact) mass is 377 g/mol. The maximum Gasteiger partial charge on any atom is 0.241 e. The molecule has 2 N–H and O–H groups in total. The second-order valence-electron chi connectivity index (χ2n) is 4.18. The van der Waals surface area contributed by atoms with E-state index in [-0.39, 0.29) is 6.61 Å². The van der Waals surface area contributed by atoms with Gasteiger partial charge in [-0.3, -0.25) is 0 Å². The standard InChI is InChI=1S/C13H10BrF2NO3S/c14-9-3-1-8(2-4-9)7-20-13-11(16)5-10(15)6-12(13)21(17,18)19/h1-6H,7H2,(H2,17,18,19). The molecule has 0 saturated heterocycles. The van der Waals surface area contributed by atoms with Gasteiger partial charge < -0.3 is 4.74 Å². The Morgan fingerprint density at radius 3 is 2.33 bits per heavy atom. The third-order valence-corrected chi connectivity index (χ3v) is 4.02. The molecular formula is C13H10BrF2NO3S. The van der Waals surface area contributed by atoms with E-state index in [4.69, 9.17) is 9.88 Å². The number of hydrogen-bond donors (Lipinski definition) is 1. The number of rotatable bonds is 4. The van der Waals surface area contributed by atoms with Gasteiger partial charge in [-0.25, -0.2) is 22.3 Å². The molecule has 4 nitrogen and oxygen atoms in total. The molecule has 0 aliphatic carbocycles. The number of benzene rings is 2. The Balaban J connectivity index is 2.33. The van der Waals surface area contributed by atoms with Crippen molar-refractivity contribution in [3.8, 4) is 5.75 Å². The fraction of sp³-hybridized carbons (Fsp3) is 0.0769. The zero-order chi connectivity index (χ0) is 15.6. The molecule has 0 amide bonds. The van der Waals surface area contributed by atoms with Crippen LogP contribution in [0.15, 0.2) is 45.8 Å². The third kappa shape index (κ3) is 3.99. The molecule has 112 valence electrons. The molecule has 0 bridgehead atoms. The predicted octanol–water partition coefficient (Wildman–Crippen LogP) is 2.95. The smallest absolute Gasteiger partial charge is 0.241 e. The Labute approximate surface area is 128 Å². The molecular weight excluding hydrogens is 368 g/mol. The molecule has 0 aliphatic rings. The first-order valence-electron chi connectivity index (χ1n) is 5.66. The van der Waals surface area contributed by atoms with Crippen molar-refractivity contribution in [2.45, 2.75) is 11.5 Å². The summed E-state index contributed by atoms with van der Waals surface area (Å²) in [7, 11) is -4.30. The molecule has 2 rings (SSSR count). The van der Waals surface area contributed by atoms with Crippen molar-refractivity contribution in [3.05, 3.63) is 58.1 Å². The van der Waals surface area contributed by atoms with E-state index >= 15 is 0 Å². The van der Waals surface area contributed by atoms with Crippen molar-refractivity contribution in [2.75, 3.05) is 0 Å². The van der Waals surface area contributed by atoms with Gasteiger partial charge in [-0.15, -0.1) is 0 Å². The van der Waals surface area contributed by atoms with Crippen LogP contribution in [0.5, 0.6) is 5.75 Å². The van der Waals surface area contributed by atoms with Crippen molar-refractivity contribution in [3.63, 3.8) is 0 Å². The molecule has 8 heteroatoms. The number of ether oxygens (including phenoxy) is 1. The SMILES string of the molecule is NS(=O)(=O)c1cc(F)cc(F)c1OCc1ccc(Br)cc1. The van der Waals surface area contributed by atoms with E-state index in [0.717, 1.165) is 4.47 Å². The molecule has 0 saturated carbocycles. The highest BCUT2D eigenvalue weighted by Crippen LogP contribution is 2.28. The quantitative estimate of drug-likeness (QED) is 0.890. The van der Waals surface area contributed by atoms with Crippen LogP contribution in [0.2, 0.25) is 0 Å². The van der Waals surface area contributed by atoms with Gasteiger partial charge in [0, 0.05) is 10.5 Å². The first-order valence-corrected chi connectivity index (χ1v) is 8.00. The first kappa shape index (κ1) is 15.9. The Hall–Kier alpha value is -1.51. The molecule has 0 fully saturated rings. The molecule has 0 spiro atoms. The Kier molecular flexibility index (Phi) is 4.60. The van der Waals surface area contributed by atoms with Gasteiger partial charge in [0.1, 0.15) is 17.3 Å². The van der Waals surface area contributed by atoms with E-state index in [9.17, 15) is 17.2 Å². The first-order chi connectivity index (χ1) is 9.77. The lowest BCUT2D eigenvalue weighted by Gasteiger charge is -2.11. The minimum atomic E-state index is -4.30. The van der Waals surface area contributed by atoms with Gasteiger partial charge in [0.05, 0.1) is 0 Å². The van der Waals surface area contributed by atoms with Gasteiger partial charge in [-0.05, 0) is 23.8 Å². The van der Waals surface area contributed by atoms with E-state index < -0.39 is 32.3 Å². The zero-order valence-corrected chi connectivity index (χ0v) is 12.9. The third-order valence-electron chi connectivity index (χ3n) is 2.58. The second-order valence-corrected chi connectivity index (χ2v) is 6.62. The van der Waals surface area contributed by atoms with Crippen molar-refractivity contribution in [2.24, 2.45) is 5.14 Å². The molecule has 0 atom stereocenters. The fourth-order valence-electron chi connectivity index (χ4n) is 1.62. The Morgan fingerprint density at radius 1 is 1.14 bits per heavy atom. The van der Waals surface area contributed by atoms with Gasteiger partial charge in [-0.2, -0.15) is 0 Å². The molecule has 2 aromatic rings. The maximum atomic E-state index is 13.7. The van der Waals surface area contributed by atoms with Crippen LogP contribution in [0.25, 0.3) is 0 Å². The van der Waals surface area contributed by atoms with Gasteiger partial charge in [0.15, 0.2) is 11.6 Å². The summed E-state index contributed by atoms with van der Waals surface area (Å²) in [6.45, 7) is -0.0850. The Bertz CT molecular complexity index is 764. The molecule has 0 aromatic heterocycles. The molecule has 21 heavy (non-hydrogen) atoms. The van der Waals surface area contributed by atoms with Gasteiger partial charge in [-0.1, -0.05) is 28.1 Å². The van der Waals surface area contributed by atoms with Crippen LogP contribution in [0.3, 0.4) is 0 Å². The van der Waals surface area contributed by atoms with Gasteiger partial charge >= 0.3 is 0 Å². The summed E-state index contributed by atoms with van der Waals surface area (Å²) in [6.07, 6.45) is 0. The van der Waals surface area contributed by atoms with Gasteiger partial charge in [0.25, 0.3) is 0 Å². The van der Waals surface area contributed by atoms with Crippen LogP contribution in [0, 0.1) is 11.6 Å². The van der Waals surface area contributed by atoms with Gasteiger partial charge in [0.2, 0.25) is 10.0 Å². The van der Waals surface area contributed by atoms with Crippen molar-refractivity contribution in [1.29, 1.82) is 0 Å². The van der Waals surface area contributed by atoms with E-state index in [0.29, 0.717) is 17.7 Å². The maximum absolute atomic E-state index is 13.7. The normalized spacial score (nSPS) is 11.4. The van der Waals surface area contributed by atoms with E-state index in [1.54, 1.807) is 24.3 Å². The summed E-state index contributed by atoms with van der Waals surface area (Å²) in [4.78, 5) is -0.725. The van der Waals surface area contributed by atoms with Crippen LogP contribution in [0.4, 0.5) is 8.78 Å². The number of sulfonamides is 1. The highest BCUT2D eigenvalue weighted by atomic mass is 79.9. The van der Waals surface area contributed by atoms with Crippen LogP contribution < -0.4 is 9.88 Å². The molecule has 0 heterocycles. The van der Waals surface area contributed by atoms with E-state index in [1.807, 2.05) is 0 Å².